The standard InChI is InChI=1S/C22H23N3O3/c1-15-11-20(16(2)24(15)14-19-9-6-10-28-19)22(27)23-17-12-21(26)25(13-17)18-7-4-3-5-8-18/h3-11,17H,12-14H2,1-2H3,(H,23,27)/t17-/m0/s1. The maximum absolute atomic E-state index is 12.9. The lowest BCUT2D eigenvalue weighted by atomic mass is 10.2. The molecule has 1 fully saturated rings. The largest absolute Gasteiger partial charge is 0.467 e. The van der Waals surface area contributed by atoms with Gasteiger partial charge in [0.05, 0.1) is 24.4 Å². The van der Waals surface area contributed by atoms with E-state index in [-0.39, 0.29) is 17.9 Å². The summed E-state index contributed by atoms with van der Waals surface area (Å²) in [5.41, 5.74) is 3.37. The average molecular weight is 377 g/mol. The van der Waals surface area contributed by atoms with E-state index in [9.17, 15) is 9.59 Å². The molecule has 4 rings (SSSR count). The number of furan rings is 1. The van der Waals surface area contributed by atoms with Crippen LogP contribution < -0.4 is 10.2 Å². The molecule has 1 saturated heterocycles. The molecule has 144 valence electrons. The highest BCUT2D eigenvalue weighted by Gasteiger charge is 2.32. The fraction of sp³-hybridized carbons (Fsp3) is 0.273. The maximum atomic E-state index is 12.9. The number of nitrogens with one attached hydrogen (secondary N) is 1. The molecule has 28 heavy (non-hydrogen) atoms. The zero-order valence-corrected chi connectivity index (χ0v) is 16.0. The molecule has 0 bridgehead atoms. The topological polar surface area (TPSA) is 67.5 Å². The molecule has 6 nitrogen and oxygen atoms in total. The Morgan fingerprint density at radius 1 is 1.18 bits per heavy atom. The number of para-hydroxylation sites is 1. The van der Waals surface area contributed by atoms with Gasteiger partial charge in [-0.2, -0.15) is 0 Å². The predicted octanol–water partition coefficient (Wildman–Crippen LogP) is 3.28. The van der Waals surface area contributed by atoms with Gasteiger partial charge in [-0.3, -0.25) is 9.59 Å². The molecule has 2 amide bonds. The Labute approximate surface area is 163 Å². The molecule has 1 N–H and O–H groups in total. The van der Waals surface area contributed by atoms with Crippen LogP contribution in [0.2, 0.25) is 0 Å². The highest BCUT2D eigenvalue weighted by molar-refractivity contribution is 5.99. The van der Waals surface area contributed by atoms with Crippen LogP contribution in [0, 0.1) is 13.8 Å². The molecule has 0 aliphatic carbocycles. The zero-order valence-electron chi connectivity index (χ0n) is 16.0. The SMILES string of the molecule is Cc1cc(C(=O)N[C@H]2CC(=O)N(c3ccccc3)C2)c(C)n1Cc1ccco1. The third-order valence-electron chi connectivity index (χ3n) is 5.24. The van der Waals surface area contributed by atoms with Gasteiger partial charge in [0.15, 0.2) is 0 Å². The van der Waals surface area contributed by atoms with E-state index in [1.54, 1.807) is 11.2 Å². The van der Waals surface area contributed by atoms with Crippen LogP contribution in [-0.2, 0) is 11.3 Å². The second kappa shape index (κ2) is 7.38. The van der Waals surface area contributed by atoms with Crippen molar-refractivity contribution in [3.63, 3.8) is 0 Å². The smallest absolute Gasteiger partial charge is 0.253 e. The first-order valence-electron chi connectivity index (χ1n) is 9.38. The van der Waals surface area contributed by atoms with Gasteiger partial charge in [0.25, 0.3) is 5.91 Å². The van der Waals surface area contributed by atoms with Crippen molar-refractivity contribution in [2.75, 3.05) is 11.4 Å². The Morgan fingerprint density at radius 3 is 2.68 bits per heavy atom. The van der Waals surface area contributed by atoms with Gasteiger partial charge in [-0.05, 0) is 44.2 Å². The second-order valence-electron chi connectivity index (χ2n) is 7.16. The quantitative estimate of drug-likeness (QED) is 0.742. The number of rotatable bonds is 5. The van der Waals surface area contributed by atoms with E-state index in [0.29, 0.717) is 25.1 Å². The van der Waals surface area contributed by atoms with Crippen molar-refractivity contribution in [1.82, 2.24) is 9.88 Å². The number of nitrogens with zero attached hydrogens (tertiary/aromatic N) is 2. The number of anilines is 1. The molecule has 3 heterocycles. The zero-order chi connectivity index (χ0) is 19.7. The lowest BCUT2D eigenvalue weighted by molar-refractivity contribution is -0.117. The van der Waals surface area contributed by atoms with Gasteiger partial charge in [0.2, 0.25) is 5.91 Å². The fourth-order valence-corrected chi connectivity index (χ4v) is 3.76. The molecule has 0 saturated carbocycles. The Bertz CT molecular complexity index is 990. The molecule has 1 aromatic carbocycles. The molecule has 1 aliphatic heterocycles. The Hall–Kier alpha value is -3.28. The summed E-state index contributed by atoms with van der Waals surface area (Å²) in [5.74, 6) is 0.722. The van der Waals surface area contributed by atoms with Crippen LogP contribution >= 0.6 is 0 Å². The van der Waals surface area contributed by atoms with E-state index >= 15 is 0 Å². The third kappa shape index (κ3) is 3.45. The number of benzene rings is 1. The van der Waals surface area contributed by atoms with Gasteiger partial charge in [-0.15, -0.1) is 0 Å². The highest BCUT2D eigenvalue weighted by atomic mass is 16.3. The Kier molecular flexibility index (Phi) is 4.77. The number of hydrogen-bond acceptors (Lipinski definition) is 3. The first kappa shape index (κ1) is 18.1. The summed E-state index contributed by atoms with van der Waals surface area (Å²) in [6.45, 7) is 4.98. The molecular formula is C22H23N3O3. The van der Waals surface area contributed by atoms with Crippen molar-refractivity contribution in [3.8, 4) is 0 Å². The summed E-state index contributed by atoms with van der Waals surface area (Å²) >= 11 is 0. The number of hydrogen-bond donors (Lipinski definition) is 1. The van der Waals surface area contributed by atoms with Crippen LogP contribution in [0.4, 0.5) is 5.69 Å². The van der Waals surface area contributed by atoms with E-state index in [0.717, 1.165) is 22.8 Å². The molecule has 0 unspecified atom stereocenters. The lowest BCUT2D eigenvalue weighted by Crippen LogP contribution is -2.37. The monoisotopic (exact) mass is 377 g/mol. The first-order chi connectivity index (χ1) is 13.5. The molecule has 0 radical (unpaired) electrons. The average Bonchev–Trinajstić information content (AvgIpc) is 3.39. The van der Waals surface area contributed by atoms with Gasteiger partial charge < -0.3 is 19.2 Å². The van der Waals surface area contributed by atoms with Crippen molar-refractivity contribution in [1.29, 1.82) is 0 Å². The van der Waals surface area contributed by atoms with Crippen LogP contribution in [0.3, 0.4) is 0 Å². The summed E-state index contributed by atoms with van der Waals surface area (Å²) in [4.78, 5) is 27.0. The number of carbonyl (C=O) groups is 2. The van der Waals surface area contributed by atoms with E-state index in [2.05, 4.69) is 9.88 Å². The van der Waals surface area contributed by atoms with Crippen LogP contribution in [0.15, 0.2) is 59.2 Å². The normalized spacial score (nSPS) is 16.6. The predicted molar refractivity (Wildman–Crippen MR) is 106 cm³/mol. The second-order valence-corrected chi connectivity index (χ2v) is 7.16. The third-order valence-corrected chi connectivity index (χ3v) is 5.24. The molecule has 6 heteroatoms. The Balaban J connectivity index is 1.46. The van der Waals surface area contributed by atoms with Crippen molar-refractivity contribution in [2.45, 2.75) is 32.9 Å². The van der Waals surface area contributed by atoms with E-state index in [1.807, 2.05) is 62.4 Å². The maximum Gasteiger partial charge on any atom is 0.253 e. The van der Waals surface area contributed by atoms with Crippen LogP contribution in [0.5, 0.6) is 0 Å². The minimum atomic E-state index is -0.201. The van der Waals surface area contributed by atoms with Crippen LogP contribution in [0.1, 0.15) is 33.9 Å². The summed E-state index contributed by atoms with van der Waals surface area (Å²) in [7, 11) is 0. The number of aryl methyl sites for hydroxylation is 1. The molecule has 3 aromatic rings. The summed E-state index contributed by atoms with van der Waals surface area (Å²) in [5, 5.41) is 3.03. The summed E-state index contributed by atoms with van der Waals surface area (Å²) in [6, 6.07) is 15.0. The Morgan fingerprint density at radius 2 is 1.96 bits per heavy atom. The lowest BCUT2D eigenvalue weighted by Gasteiger charge is -2.17. The van der Waals surface area contributed by atoms with Crippen molar-refractivity contribution in [3.05, 3.63) is 77.5 Å². The summed E-state index contributed by atoms with van der Waals surface area (Å²) in [6.07, 6.45) is 1.96. The van der Waals surface area contributed by atoms with Crippen LogP contribution in [0.25, 0.3) is 0 Å². The van der Waals surface area contributed by atoms with Gasteiger partial charge in [-0.25, -0.2) is 0 Å². The van der Waals surface area contributed by atoms with Crippen molar-refractivity contribution >= 4 is 17.5 Å². The van der Waals surface area contributed by atoms with Gasteiger partial charge >= 0.3 is 0 Å². The van der Waals surface area contributed by atoms with Gasteiger partial charge in [0.1, 0.15) is 5.76 Å². The van der Waals surface area contributed by atoms with E-state index < -0.39 is 0 Å². The minimum absolute atomic E-state index is 0.0276. The molecule has 2 aromatic heterocycles. The first-order valence-corrected chi connectivity index (χ1v) is 9.38. The molecule has 1 atom stereocenters. The molecular weight excluding hydrogens is 354 g/mol. The number of aromatic nitrogens is 1. The van der Waals surface area contributed by atoms with Crippen molar-refractivity contribution < 1.29 is 14.0 Å². The number of amides is 2. The van der Waals surface area contributed by atoms with Crippen LogP contribution in [-0.4, -0.2) is 29.0 Å². The fourth-order valence-electron chi connectivity index (χ4n) is 3.76. The van der Waals surface area contributed by atoms with E-state index in [4.69, 9.17) is 4.42 Å². The highest BCUT2D eigenvalue weighted by Crippen LogP contribution is 2.22. The summed E-state index contributed by atoms with van der Waals surface area (Å²) < 4.78 is 7.49. The minimum Gasteiger partial charge on any atom is -0.467 e. The molecule has 0 spiro atoms. The number of carbonyl (C=O) groups excluding carboxylic acids is 2. The van der Waals surface area contributed by atoms with Gasteiger partial charge in [0, 0.05) is 30.0 Å². The van der Waals surface area contributed by atoms with Crippen molar-refractivity contribution in [2.24, 2.45) is 0 Å². The van der Waals surface area contributed by atoms with Gasteiger partial charge in [-0.1, -0.05) is 18.2 Å². The van der Waals surface area contributed by atoms with E-state index in [1.165, 1.54) is 0 Å². The molecule has 1 aliphatic rings.